The van der Waals surface area contributed by atoms with E-state index in [0.29, 0.717) is 5.56 Å². The average Bonchev–Trinajstić information content (AvgIpc) is 3.59. The summed E-state index contributed by atoms with van der Waals surface area (Å²) in [5, 5.41) is 10.4. The zero-order chi connectivity index (χ0) is 31.5. The lowest BCUT2D eigenvalue weighted by atomic mass is 9.94. The Morgan fingerprint density at radius 1 is 0.756 bits per heavy atom. The quantitative estimate of drug-likeness (QED) is 0.142. The first-order valence-electron chi connectivity index (χ1n) is 16.3. The van der Waals surface area contributed by atoms with Crippen molar-refractivity contribution in [1.82, 2.24) is 19.1 Å². The number of benzene rings is 4. The Morgan fingerprint density at radius 2 is 1.56 bits per heavy atom. The van der Waals surface area contributed by atoms with Gasteiger partial charge in [-0.1, -0.05) is 82.0 Å². The molecule has 0 radical (unpaired) electrons. The summed E-state index contributed by atoms with van der Waals surface area (Å²) in [6.07, 6.45) is 7.57. The summed E-state index contributed by atoms with van der Waals surface area (Å²) in [5.74, 6) is 0.972. The summed E-state index contributed by atoms with van der Waals surface area (Å²) in [4.78, 5) is 23.0. The number of carboxylic acid groups (broad SMARTS) is 1. The third-order valence-corrected chi connectivity index (χ3v) is 8.85. The summed E-state index contributed by atoms with van der Waals surface area (Å²) in [6.45, 7) is 9.36. The van der Waals surface area contributed by atoms with Gasteiger partial charge in [0.25, 0.3) is 0 Å². The van der Waals surface area contributed by atoms with Crippen molar-refractivity contribution < 1.29 is 9.90 Å². The number of aromatic carboxylic acids is 1. The Kier molecular flexibility index (Phi) is 8.83. The van der Waals surface area contributed by atoms with Crippen molar-refractivity contribution >= 4 is 28.0 Å². The van der Waals surface area contributed by atoms with Crippen LogP contribution >= 0.6 is 0 Å². The SMILES string of the molecule is CCCCCCn1c(-c2ccc3nc(CCCC)n(-c4ccc(-c5ccccc5)c(C(=O)O)c4C)c3c2)nc2cc(C)ccc21. The molecule has 0 unspecified atom stereocenters. The molecule has 1 N–H and O–H groups in total. The van der Waals surface area contributed by atoms with Crippen molar-refractivity contribution in [3.63, 3.8) is 0 Å². The van der Waals surface area contributed by atoms with Crippen LogP contribution in [-0.4, -0.2) is 30.2 Å². The number of aromatic nitrogens is 4. The predicted octanol–water partition coefficient (Wildman–Crippen LogP) is 9.95. The number of rotatable bonds is 12. The lowest BCUT2D eigenvalue weighted by molar-refractivity contribution is 0.0697. The number of carbonyl (C=O) groups is 1. The number of nitrogens with zero attached hydrogens (tertiary/aromatic N) is 4. The molecule has 45 heavy (non-hydrogen) atoms. The van der Waals surface area contributed by atoms with Gasteiger partial charge in [0.2, 0.25) is 0 Å². The monoisotopic (exact) mass is 598 g/mol. The highest BCUT2D eigenvalue weighted by Crippen LogP contribution is 2.35. The Bertz CT molecular complexity index is 1980. The maximum Gasteiger partial charge on any atom is 0.336 e. The van der Waals surface area contributed by atoms with Crippen molar-refractivity contribution in [2.24, 2.45) is 0 Å². The number of unbranched alkanes of at least 4 members (excludes halogenated alkanes) is 4. The molecule has 6 nitrogen and oxygen atoms in total. The minimum absolute atomic E-state index is 0.322. The Morgan fingerprint density at radius 3 is 2.31 bits per heavy atom. The number of aryl methyl sites for hydroxylation is 3. The molecule has 6 aromatic rings. The fourth-order valence-electron chi connectivity index (χ4n) is 6.50. The van der Waals surface area contributed by atoms with Gasteiger partial charge < -0.3 is 9.67 Å². The average molecular weight is 599 g/mol. The predicted molar refractivity (Wildman–Crippen MR) is 184 cm³/mol. The van der Waals surface area contributed by atoms with Crippen LogP contribution in [0.3, 0.4) is 0 Å². The molecule has 0 fully saturated rings. The molecule has 0 saturated heterocycles. The molecule has 0 amide bonds. The summed E-state index contributed by atoms with van der Waals surface area (Å²) < 4.78 is 4.55. The number of hydrogen-bond donors (Lipinski definition) is 1. The van der Waals surface area contributed by atoms with Crippen LogP contribution in [0.2, 0.25) is 0 Å². The van der Waals surface area contributed by atoms with Crippen molar-refractivity contribution in [3.8, 4) is 28.2 Å². The minimum atomic E-state index is -0.930. The van der Waals surface area contributed by atoms with Crippen LogP contribution < -0.4 is 0 Å². The number of imidazole rings is 2. The lowest BCUT2D eigenvalue weighted by Gasteiger charge is -2.17. The Hall–Kier alpha value is -4.71. The van der Waals surface area contributed by atoms with E-state index in [1.54, 1.807) is 0 Å². The second-order valence-corrected chi connectivity index (χ2v) is 12.1. The number of carboxylic acids is 1. The first-order chi connectivity index (χ1) is 21.9. The highest BCUT2D eigenvalue weighted by molar-refractivity contribution is 5.99. The fourth-order valence-corrected chi connectivity index (χ4v) is 6.50. The minimum Gasteiger partial charge on any atom is -0.478 e. The third-order valence-electron chi connectivity index (χ3n) is 8.85. The topological polar surface area (TPSA) is 72.9 Å². The van der Waals surface area contributed by atoms with E-state index in [9.17, 15) is 9.90 Å². The van der Waals surface area contributed by atoms with Gasteiger partial charge in [0, 0.05) is 18.5 Å². The maximum atomic E-state index is 12.7. The third kappa shape index (κ3) is 5.89. The highest BCUT2D eigenvalue weighted by Gasteiger charge is 2.22. The molecule has 2 aromatic heterocycles. The van der Waals surface area contributed by atoms with Crippen LogP contribution in [0, 0.1) is 13.8 Å². The van der Waals surface area contributed by atoms with E-state index in [4.69, 9.17) is 9.97 Å². The van der Waals surface area contributed by atoms with Crippen LogP contribution in [0.5, 0.6) is 0 Å². The molecule has 0 aliphatic rings. The second-order valence-electron chi connectivity index (χ2n) is 12.1. The van der Waals surface area contributed by atoms with Gasteiger partial charge in [-0.05, 0) is 85.3 Å². The molecule has 4 aromatic carbocycles. The first kappa shape index (κ1) is 30.3. The van der Waals surface area contributed by atoms with Crippen LogP contribution in [0.15, 0.2) is 78.9 Å². The highest BCUT2D eigenvalue weighted by atomic mass is 16.4. The van der Waals surface area contributed by atoms with Gasteiger partial charge in [-0.2, -0.15) is 0 Å². The van der Waals surface area contributed by atoms with Gasteiger partial charge >= 0.3 is 5.97 Å². The van der Waals surface area contributed by atoms with E-state index < -0.39 is 5.97 Å². The van der Waals surface area contributed by atoms with Crippen molar-refractivity contribution in [1.29, 1.82) is 0 Å². The van der Waals surface area contributed by atoms with Crippen LogP contribution in [0.25, 0.3) is 50.3 Å². The second kappa shape index (κ2) is 13.1. The summed E-state index contributed by atoms with van der Waals surface area (Å²) in [5.41, 5.74) is 9.77. The van der Waals surface area contributed by atoms with E-state index >= 15 is 0 Å². The zero-order valence-electron chi connectivity index (χ0n) is 26.8. The molecular weight excluding hydrogens is 556 g/mol. The molecule has 0 saturated carbocycles. The number of fused-ring (bicyclic) bond motifs is 2. The van der Waals surface area contributed by atoms with E-state index in [2.05, 4.69) is 72.4 Å². The molecule has 0 spiro atoms. The van der Waals surface area contributed by atoms with Gasteiger partial charge in [-0.25, -0.2) is 14.8 Å². The van der Waals surface area contributed by atoms with Crippen LogP contribution in [0.4, 0.5) is 0 Å². The lowest BCUT2D eigenvalue weighted by Crippen LogP contribution is -2.09. The van der Waals surface area contributed by atoms with Crippen molar-refractivity contribution in [2.75, 3.05) is 0 Å². The Labute approximate surface area is 265 Å². The van der Waals surface area contributed by atoms with E-state index in [0.717, 1.165) is 93.9 Å². The van der Waals surface area contributed by atoms with Gasteiger partial charge in [0.05, 0.1) is 33.3 Å². The molecule has 0 aliphatic heterocycles. The van der Waals surface area contributed by atoms with Gasteiger partial charge in [-0.15, -0.1) is 0 Å². The summed E-state index contributed by atoms with van der Waals surface area (Å²) >= 11 is 0. The smallest absolute Gasteiger partial charge is 0.336 e. The zero-order valence-corrected chi connectivity index (χ0v) is 26.8. The molecule has 0 bridgehead atoms. The van der Waals surface area contributed by atoms with E-state index in [-0.39, 0.29) is 0 Å². The summed E-state index contributed by atoms with van der Waals surface area (Å²) in [6, 6.07) is 26.7. The van der Waals surface area contributed by atoms with Crippen molar-refractivity contribution in [2.45, 2.75) is 79.2 Å². The van der Waals surface area contributed by atoms with E-state index in [1.165, 1.54) is 24.8 Å². The van der Waals surface area contributed by atoms with Gasteiger partial charge in [0.15, 0.2) is 0 Å². The fraction of sp³-hybridized carbons (Fsp3) is 0.308. The van der Waals surface area contributed by atoms with Crippen LogP contribution in [0.1, 0.15) is 79.7 Å². The molecule has 230 valence electrons. The molecule has 6 rings (SSSR count). The normalized spacial score (nSPS) is 11.6. The first-order valence-corrected chi connectivity index (χ1v) is 16.3. The summed E-state index contributed by atoms with van der Waals surface area (Å²) in [7, 11) is 0. The number of hydrogen-bond acceptors (Lipinski definition) is 3. The van der Waals surface area contributed by atoms with E-state index in [1.807, 2.05) is 43.3 Å². The molecule has 2 heterocycles. The molecule has 0 atom stereocenters. The molecule has 6 heteroatoms. The Balaban J connectivity index is 1.54. The van der Waals surface area contributed by atoms with Crippen LogP contribution in [-0.2, 0) is 13.0 Å². The van der Waals surface area contributed by atoms with Gasteiger partial charge in [-0.3, -0.25) is 4.57 Å². The molecular formula is C39H42N4O2. The molecule has 0 aliphatic carbocycles. The van der Waals surface area contributed by atoms with Crippen molar-refractivity contribution in [3.05, 3.63) is 101 Å². The largest absolute Gasteiger partial charge is 0.478 e. The maximum absolute atomic E-state index is 12.7. The standard InChI is InChI=1S/C39H42N4O2/c1-5-7-9-13-23-42-34-21-17-26(3)24-32(34)41-38(42)29-18-20-31-35(25-29)43(36(40-31)16-8-6-2)33-22-19-30(28-14-11-10-12-15-28)37(27(33)4)39(44)45/h10-12,14-15,17-22,24-25H,5-9,13,16,23H2,1-4H3,(H,44,45). The van der Waals surface area contributed by atoms with Gasteiger partial charge in [0.1, 0.15) is 11.6 Å².